The van der Waals surface area contributed by atoms with E-state index in [2.05, 4.69) is 163 Å². The molecule has 11 aromatic rings. The van der Waals surface area contributed by atoms with E-state index in [0.717, 1.165) is 77.6 Å². The fourth-order valence-electron chi connectivity index (χ4n) is 9.59. The Morgan fingerprint density at radius 3 is 1.54 bits per heavy atom. The Labute approximate surface area is 472 Å². The van der Waals surface area contributed by atoms with E-state index in [9.17, 15) is 0 Å². The van der Waals surface area contributed by atoms with Gasteiger partial charge in [-0.1, -0.05) is 102 Å². The molecular formula is C56H63Cl3N20. The van der Waals surface area contributed by atoms with Crippen molar-refractivity contribution in [1.82, 2.24) is 74.8 Å². The van der Waals surface area contributed by atoms with Crippen molar-refractivity contribution in [3.8, 4) is 0 Å². The highest BCUT2D eigenvalue weighted by molar-refractivity contribution is 6.35. The van der Waals surface area contributed by atoms with Crippen LogP contribution in [0.2, 0.25) is 15.7 Å². The molecule has 0 aliphatic heterocycles. The van der Waals surface area contributed by atoms with Gasteiger partial charge in [-0.2, -0.15) is 19.9 Å². The molecule has 0 fully saturated rings. The summed E-state index contributed by atoms with van der Waals surface area (Å²) in [5, 5.41) is 29.5. The van der Waals surface area contributed by atoms with Crippen molar-refractivity contribution in [3.05, 3.63) is 171 Å². The fraction of sp³-hybridized carbons (Fsp3) is 0.286. The van der Waals surface area contributed by atoms with E-state index in [-0.39, 0.29) is 36.1 Å². The minimum absolute atomic E-state index is 0. The number of nitrogen functional groups attached to an aromatic ring is 1. The number of H-pyrrole nitrogens is 3. The lowest BCUT2D eigenvalue weighted by atomic mass is 10.1. The Bertz CT molecular complexity index is 3780. The van der Waals surface area contributed by atoms with E-state index in [1.165, 1.54) is 33.4 Å². The van der Waals surface area contributed by atoms with Crippen LogP contribution in [0, 0.1) is 0 Å². The van der Waals surface area contributed by atoms with Crippen LogP contribution in [0.1, 0.15) is 118 Å². The lowest BCUT2D eigenvalue weighted by Crippen LogP contribution is -2.10. The Morgan fingerprint density at radius 1 is 0.544 bits per heavy atom. The first-order chi connectivity index (χ1) is 37.8. The van der Waals surface area contributed by atoms with Crippen LogP contribution in [0.25, 0.3) is 33.1 Å². The van der Waals surface area contributed by atoms with Crippen LogP contribution in [0.5, 0.6) is 0 Å². The summed E-state index contributed by atoms with van der Waals surface area (Å²) < 4.78 is 3.51. The van der Waals surface area contributed by atoms with Crippen LogP contribution in [0.4, 0.5) is 29.2 Å². The summed E-state index contributed by atoms with van der Waals surface area (Å²) in [6.45, 7) is 8.16. The number of anilines is 5. The van der Waals surface area contributed by atoms with Gasteiger partial charge in [0.1, 0.15) is 33.7 Å². The van der Waals surface area contributed by atoms with E-state index >= 15 is 0 Å². The first-order valence-corrected chi connectivity index (χ1v) is 26.9. The Kier molecular flexibility index (Phi) is 17.7. The van der Waals surface area contributed by atoms with Gasteiger partial charge in [-0.3, -0.25) is 0 Å². The lowest BCUT2D eigenvalue weighted by Gasteiger charge is -2.16. The molecule has 0 radical (unpaired) electrons. The van der Waals surface area contributed by atoms with E-state index in [0.29, 0.717) is 40.5 Å². The molecule has 3 aliphatic carbocycles. The Morgan fingerprint density at radius 2 is 1.01 bits per heavy atom. The summed E-state index contributed by atoms with van der Waals surface area (Å²) >= 11 is 17.3. The molecule has 3 atom stereocenters. The number of fused-ring (bicyclic) bond motifs is 6. The van der Waals surface area contributed by atoms with Crippen LogP contribution in [-0.4, -0.2) is 74.8 Å². The second kappa shape index (κ2) is 25.1. The average Bonchev–Trinajstić information content (AvgIpc) is 4.42. The Hall–Kier alpha value is -8.17. The van der Waals surface area contributed by atoms with Crippen LogP contribution < -0.4 is 27.4 Å². The summed E-state index contributed by atoms with van der Waals surface area (Å²) in [5.74, 6) is 3.19. The zero-order valence-electron chi connectivity index (χ0n) is 43.3. The van der Waals surface area contributed by atoms with Crippen LogP contribution >= 0.6 is 34.8 Å². The molecule has 0 unspecified atom stereocenters. The van der Waals surface area contributed by atoms with Crippen molar-refractivity contribution >= 4 is 97.1 Å². The molecule has 0 saturated heterocycles. The molecule has 3 aliphatic rings. The fourth-order valence-corrected chi connectivity index (χ4v) is 10.2. The van der Waals surface area contributed by atoms with Gasteiger partial charge in [0.25, 0.3) is 0 Å². The number of aromatic amines is 3. The summed E-state index contributed by atoms with van der Waals surface area (Å²) in [6, 6.07) is 32.8. The van der Waals surface area contributed by atoms with Gasteiger partial charge in [-0.25, -0.2) is 19.3 Å². The molecule has 79 heavy (non-hydrogen) atoms. The minimum atomic E-state index is 0. The molecule has 408 valence electrons. The predicted molar refractivity (Wildman–Crippen MR) is 316 cm³/mol. The number of nitrogens with zero attached hydrogens (tertiary/aromatic N) is 12. The number of nitrogens with one attached hydrogen (secondary N) is 6. The number of nitrogens with two attached hydrogens (primary N) is 2. The van der Waals surface area contributed by atoms with Crippen molar-refractivity contribution in [1.29, 1.82) is 0 Å². The maximum atomic E-state index is 5.98. The van der Waals surface area contributed by atoms with E-state index < -0.39 is 0 Å². The number of hydrogen-bond donors (Lipinski definition) is 8. The first-order valence-electron chi connectivity index (χ1n) is 25.7. The maximum Gasteiger partial charge on any atom is 0.232 e. The van der Waals surface area contributed by atoms with Crippen molar-refractivity contribution in [2.75, 3.05) is 21.7 Å². The molecular weight excluding hydrogens is 1060 g/mol. The number of aryl methyl sites for hydroxylation is 3. The molecule has 0 amide bonds. The smallest absolute Gasteiger partial charge is 0.232 e. The summed E-state index contributed by atoms with van der Waals surface area (Å²) in [4.78, 5) is 34.6. The zero-order valence-corrected chi connectivity index (χ0v) is 45.6. The number of benzene rings is 3. The third-order valence-electron chi connectivity index (χ3n) is 13.5. The summed E-state index contributed by atoms with van der Waals surface area (Å²) in [5.41, 5.74) is 21.7. The average molecular weight is 1120 g/mol. The van der Waals surface area contributed by atoms with Crippen molar-refractivity contribution < 1.29 is 0 Å². The van der Waals surface area contributed by atoms with Gasteiger partial charge in [-0.15, -0.1) is 10.2 Å². The lowest BCUT2D eigenvalue weighted by molar-refractivity contribution is 0.514. The largest absolute Gasteiger partial charge is 0.381 e. The molecule has 23 heteroatoms. The summed E-state index contributed by atoms with van der Waals surface area (Å²) in [7, 11) is 0. The van der Waals surface area contributed by atoms with Crippen molar-refractivity contribution in [3.63, 3.8) is 0 Å². The second-order valence-corrected chi connectivity index (χ2v) is 20.5. The number of rotatable bonds is 8. The van der Waals surface area contributed by atoms with Gasteiger partial charge < -0.3 is 42.4 Å². The molecule has 3 aromatic carbocycles. The third-order valence-corrected chi connectivity index (χ3v) is 14.2. The number of halogens is 3. The highest BCUT2D eigenvalue weighted by atomic mass is 35.5. The Balaban J connectivity index is 0.000000129. The number of hydrogen-bond acceptors (Lipinski definition) is 15. The van der Waals surface area contributed by atoms with Gasteiger partial charge in [0, 0.05) is 36.7 Å². The highest BCUT2D eigenvalue weighted by Gasteiger charge is 2.25. The molecule has 20 nitrogen and oxygen atoms in total. The molecule has 8 aromatic heterocycles. The van der Waals surface area contributed by atoms with Gasteiger partial charge in [0.15, 0.2) is 11.6 Å². The first kappa shape index (κ1) is 55.6. The molecule has 8 heterocycles. The second-order valence-electron chi connectivity index (χ2n) is 19.5. The van der Waals surface area contributed by atoms with Crippen molar-refractivity contribution in [2.24, 2.45) is 5.73 Å². The molecule has 0 spiro atoms. The van der Waals surface area contributed by atoms with E-state index in [4.69, 9.17) is 51.3 Å². The SMILES string of the molecule is C.CC(C)n1cc(N)nn1.CC(C)n1cc(Nc2nc(N[C@H]3CCc4ccccc43)c3cc[nH]c3n2)nn1.Clc1nc(Cl)c2cc[nH]c2n1.Clc1nc(N[C@H]2CCc3ccccc32)c2cc[nH]c2n1.N[C@H]1CCc2ccccc21. The third kappa shape index (κ3) is 13.2. The van der Waals surface area contributed by atoms with Gasteiger partial charge in [0.2, 0.25) is 16.5 Å². The van der Waals surface area contributed by atoms with Gasteiger partial charge >= 0.3 is 0 Å². The van der Waals surface area contributed by atoms with Crippen LogP contribution in [-0.2, 0) is 19.3 Å². The molecule has 0 saturated carbocycles. The summed E-state index contributed by atoms with van der Waals surface area (Å²) in [6.07, 6.45) is 15.6. The van der Waals surface area contributed by atoms with Crippen LogP contribution in [0.3, 0.4) is 0 Å². The van der Waals surface area contributed by atoms with Crippen LogP contribution in [0.15, 0.2) is 122 Å². The van der Waals surface area contributed by atoms with Crippen molar-refractivity contribution in [2.45, 2.75) is 104 Å². The van der Waals surface area contributed by atoms with E-state index in [1.807, 2.05) is 44.6 Å². The van der Waals surface area contributed by atoms with Gasteiger partial charge in [0.05, 0.1) is 40.6 Å². The maximum absolute atomic E-state index is 5.98. The minimum Gasteiger partial charge on any atom is -0.381 e. The molecule has 14 rings (SSSR count). The molecule has 0 bridgehead atoms. The zero-order chi connectivity index (χ0) is 54.3. The topological polar surface area (TPSA) is 274 Å². The normalized spacial score (nSPS) is 15.6. The standard InChI is InChI=1S/C20H22N8.C15H13ClN4.C9H11N.C6H3Cl2N3.C5H10N4.CH4/c1-12(2)28-11-17(26-27-28)23-20-24-18-15(9-10-21-18)19(25-20)22-16-8-7-13-5-3-4-6-14(13)16;16-15-19-13-11(7-8-17-13)14(20-15)18-12-6-5-9-3-1-2-4-10(9)12;10-9-6-5-7-3-1-2-4-8(7)9;7-4-3-1-2-9-5(3)11-6(8)10-4;1-4(2)9-3-5(6)7-8-9;/h3-6,9-12,16H,7-8H2,1-2H3,(H3,21,22,23,24,25);1-4,7-8,12H,5-6H2,(H2,17,18,19,20);1-4,9H,5-6,10H2;1-2H,(H,9,10,11);3-4H,6H2,1-2H3;1H4/t16-;12-;9-;;;/m000.../s1. The van der Waals surface area contributed by atoms with Gasteiger partial charge in [-0.05, 0) is 141 Å². The van der Waals surface area contributed by atoms with E-state index in [1.54, 1.807) is 27.8 Å². The molecule has 10 N–H and O–H groups in total. The number of aromatic nitrogens is 15. The quantitative estimate of drug-likeness (QED) is 0.0519. The highest BCUT2D eigenvalue weighted by Crippen LogP contribution is 2.37. The monoisotopic (exact) mass is 1120 g/mol. The predicted octanol–water partition coefficient (Wildman–Crippen LogP) is 12.7.